The molecule has 0 radical (unpaired) electrons. The predicted molar refractivity (Wildman–Crippen MR) is 80.3 cm³/mol. The Balaban J connectivity index is 1.15. The van der Waals surface area contributed by atoms with Crippen LogP contribution in [-0.2, 0) is 6.54 Å². The Labute approximate surface area is 130 Å². The van der Waals surface area contributed by atoms with Crippen LogP contribution < -0.4 is 14.8 Å². The van der Waals surface area contributed by atoms with Crippen LogP contribution in [0, 0.1) is 47.3 Å². The van der Waals surface area contributed by atoms with Crippen LogP contribution in [0.15, 0.2) is 18.2 Å². The lowest BCUT2D eigenvalue weighted by Gasteiger charge is -2.48. The van der Waals surface area contributed by atoms with Crippen LogP contribution in [0.3, 0.4) is 0 Å². The molecule has 0 saturated heterocycles. The van der Waals surface area contributed by atoms with E-state index in [0.29, 0.717) is 6.79 Å². The Hall–Kier alpha value is -1.22. The number of hydrogen-bond acceptors (Lipinski definition) is 3. The molecule has 22 heavy (non-hydrogen) atoms. The van der Waals surface area contributed by atoms with Gasteiger partial charge in [-0.05, 0) is 77.9 Å². The summed E-state index contributed by atoms with van der Waals surface area (Å²) in [5.74, 6) is 10.5. The van der Waals surface area contributed by atoms with E-state index in [1.807, 2.05) is 0 Å². The lowest BCUT2D eigenvalue weighted by molar-refractivity contribution is 0.00939. The third-order valence-electron chi connectivity index (χ3n) is 8.30. The first-order chi connectivity index (χ1) is 10.9. The van der Waals surface area contributed by atoms with Gasteiger partial charge in [0.25, 0.3) is 0 Å². The number of benzene rings is 1. The van der Waals surface area contributed by atoms with Gasteiger partial charge < -0.3 is 14.8 Å². The van der Waals surface area contributed by atoms with E-state index in [1.165, 1.54) is 5.56 Å². The van der Waals surface area contributed by atoms with E-state index in [1.54, 1.807) is 12.8 Å². The molecule has 5 saturated carbocycles. The zero-order chi connectivity index (χ0) is 14.0. The molecule has 5 aliphatic carbocycles. The standard InChI is InChI=1S/C19H21NO2/c1-2-13-14(22-7-21-13)3-8(1)6-20-19-16-10-5-11-15-9(10)4-12(16)17(15)18(11)19/h1-3,9-12,15-20H,4-7H2/t9-,10-,11+,12+,15+,16-,17-,18-,19-/m0/s1. The lowest BCUT2D eigenvalue weighted by Crippen LogP contribution is -2.51. The van der Waals surface area contributed by atoms with Gasteiger partial charge in [0.05, 0.1) is 0 Å². The molecule has 0 unspecified atom stereocenters. The number of ether oxygens (including phenoxy) is 2. The van der Waals surface area contributed by atoms with Crippen molar-refractivity contribution in [2.75, 3.05) is 6.79 Å². The maximum absolute atomic E-state index is 5.51. The van der Waals surface area contributed by atoms with Gasteiger partial charge in [0.2, 0.25) is 6.79 Å². The van der Waals surface area contributed by atoms with E-state index in [0.717, 1.165) is 71.4 Å². The zero-order valence-corrected chi connectivity index (χ0v) is 12.6. The second kappa shape index (κ2) is 3.48. The van der Waals surface area contributed by atoms with Gasteiger partial charge in [-0.2, -0.15) is 0 Å². The van der Waals surface area contributed by atoms with E-state index in [-0.39, 0.29) is 0 Å². The quantitative estimate of drug-likeness (QED) is 0.930. The summed E-state index contributed by atoms with van der Waals surface area (Å²) in [4.78, 5) is 0. The third kappa shape index (κ3) is 1.06. The lowest BCUT2D eigenvalue weighted by atomic mass is 9.59. The normalized spacial score (nSPS) is 53.5. The summed E-state index contributed by atoms with van der Waals surface area (Å²) in [7, 11) is 0. The molecule has 2 bridgehead atoms. The first kappa shape index (κ1) is 11.3. The van der Waals surface area contributed by atoms with Crippen LogP contribution in [0.1, 0.15) is 18.4 Å². The highest BCUT2D eigenvalue weighted by atomic mass is 16.7. The topological polar surface area (TPSA) is 30.5 Å². The molecule has 0 aromatic heterocycles. The average Bonchev–Trinajstić information content (AvgIpc) is 3.19. The van der Waals surface area contributed by atoms with Gasteiger partial charge in [-0.25, -0.2) is 0 Å². The molecule has 3 heteroatoms. The average molecular weight is 295 g/mol. The maximum atomic E-state index is 5.51. The first-order valence-corrected chi connectivity index (χ1v) is 9.02. The summed E-state index contributed by atoms with van der Waals surface area (Å²) in [6.45, 7) is 1.36. The van der Waals surface area contributed by atoms with Gasteiger partial charge in [-0.1, -0.05) is 6.07 Å². The predicted octanol–water partition coefficient (Wildman–Crippen LogP) is 2.65. The summed E-state index contributed by atoms with van der Waals surface area (Å²) in [6, 6.07) is 7.21. The van der Waals surface area contributed by atoms with Crippen LogP contribution in [0.4, 0.5) is 0 Å². The van der Waals surface area contributed by atoms with Gasteiger partial charge in [0, 0.05) is 12.6 Å². The minimum absolute atomic E-state index is 0.370. The molecule has 1 aromatic rings. The Morgan fingerprint density at radius 1 is 0.864 bits per heavy atom. The third-order valence-corrected chi connectivity index (χ3v) is 8.30. The second-order valence-corrected chi connectivity index (χ2v) is 8.53. The van der Waals surface area contributed by atoms with Crippen molar-refractivity contribution in [2.45, 2.75) is 25.4 Å². The van der Waals surface area contributed by atoms with Crippen molar-refractivity contribution in [1.29, 1.82) is 0 Å². The SMILES string of the molecule is c1cc2c(cc1CN[C@H]1[C@@H]3[C@H]4C[C@H]5[C@@H]3C[C@@H]3[C@@H]5[C@H]4[C@H]31)OCO2. The maximum Gasteiger partial charge on any atom is 0.231 e. The molecule has 7 rings (SSSR count). The number of rotatable bonds is 3. The highest BCUT2D eigenvalue weighted by Crippen LogP contribution is 2.82. The minimum atomic E-state index is 0.370. The summed E-state index contributed by atoms with van der Waals surface area (Å²) >= 11 is 0. The zero-order valence-electron chi connectivity index (χ0n) is 12.6. The molecule has 6 aliphatic rings. The number of nitrogens with one attached hydrogen (secondary N) is 1. The fourth-order valence-electron chi connectivity index (χ4n) is 8.03. The molecule has 1 N–H and O–H groups in total. The van der Waals surface area contributed by atoms with E-state index in [2.05, 4.69) is 23.5 Å². The molecule has 0 spiro atoms. The monoisotopic (exact) mass is 295 g/mol. The Morgan fingerprint density at radius 2 is 1.68 bits per heavy atom. The van der Waals surface area contributed by atoms with Gasteiger partial charge in [0.15, 0.2) is 11.5 Å². The van der Waals surface area contributed by atoms with E-state index in [9.17, 15) is 0 Å². The fourth-order valence-corrected chi connectivity index (χ4v) is 8.03. The first-order valence-electron chi connectivity index (χ1n) is 9.02. The van der Waals surface area contributed by atoms with Crippen molar-refractivity contribution in [1.82, 2.24) is 5.32 Å². The van der Waals surface area contributed by atoms with Crippen molar-refractivity contribution in [3.63, 3.8) is 0 Å². The van der Waals surface area contributed by atoms with E-state index >= 15 is 0 Å². The molecule has 5 fully saturated rings. The van der Waals surface area contributed by atoms with Crippen molar-refractivity contribution in [2.24, 2.45) is 47.3 Å². The van der Waals surface area contributed by atoms with Crippen LogP contribution in [-0.4, -0.2) is 12.8 Å². The molecule has 1 aromatic carbocycles. The van der Waals surface area contributed by atoms with Gasteiger partial charge in [-0.3, -0.25) is 0 Å². The Morgan fingerprint density at radius 3 is 2.64 bits per heavy atom. The molecule has 1 aliphatic heterocycles. The summed E-state index contributed by atoms with van der Waals surface area (Å²) in [5, 5.41) is 3.97. The molecule has 114 valence electrons. The Kier molecular flexibility index (Phi) is 1.79. The number of fused-ring (bicyclic) bond motifs is 3. The largest absolute Gasteiger partial charge is 0.454 e. The highest BCUT2D eigenvalue weighted by molar-refractivity contribution is 5.44. The molecule has 9 atom stereocenters. The fraction of sp³-hybridized carbons (Fsp3) is 0.684. The van der Waals surface area contributed by atoms with Crippen LogP contribution in [0.5, 0.6) is 11.5 Å². The second-order valence-electron chi connectivity index (χ2n) is 8.53. The summed E-state index contributed by atoms with van der Waals surface area (Å²) in [5.41, 5.74) is 1.34. The van der Waals surface area contributed by atoms with Crippen molar-refractivity contribution < 1.29 is 9.47 Å². The minimum Gasteiger partial charge on any atom is -0.454 e. The van der Waals surface area contributed by atoms with Crippen molar-refractivity contribution in [3.8, 4) is 11.5 Å². The van der Waals surface area contributed by atoms with Crippen LogP contribution >= 0.6 is 0 Å². The van der Waals surface area contributed by atoms with Crippen LogP contribution in [0.25, 0.3) is 0 Å². The Bertz CT molecular complexity index is 682. The van der Waals surface area contributed by atoms with Gasteiger partial charge >= 0.3 is 0 Å². The summed E-state index contributed by atoms with van der Waals surface area (Å²) in [6.07, 6.45) is 3.17. The number of hydrogen-bond donors (Lipinski definition) is 1. The van der Waals surface area contributed by atoms with E-state index < -0.39 is 0 Å². The van der Waals surface area contributed by atoms with Crippen molar-refractivity contribution >= 4 is 0 Å². The molecular formula is C19H21NO2. The van der Waals surface area contributed by atoms with E-state index in [4.69, 9.17) is 9.47 Å². The van der Waals surface area contributed by atoms with Crippen LogP contribution in [0.2, 0.25) is 0 Å². The van der Waals surface area contributed by atoms with Gasteiger partial charge in [0.1, 0.15) is 0 Å². The molecule has 1 heterocycles. The molecular weight excluding hydrogens is 274 g/mol. The molecule has 0 amide bonds. The molecule has 3 nitrogen and oxygen atoms in total. The summed E-state index contributed by atoms with van der Waals surface area (Å²) < 4.78 is 10.9. The van der Waals surface area contributed by atoms with Gasteiger partial charge in [-0.15, -0.1) is 0 Å². The smallest absolute Gasteiger partial charge is 0.231 e. The highest BCUT2D eigenvalue weighted by Gasteiger charge is 2.80. The van der Waals surface area contributed by atoms with Crippen molar-refractivity contribution in [3.05, 3.63) is 23.8 Å².